The van der Waals surface area contributed by atoms with Crippen LogP contribution < -0.4 is 11.1 Å². The third-order valence-corrected chi connectivity index (χ3v) is 7.34. The van der Waals surface area contributed by atoms with Crippen molar-refractivity contribution in [3.05, 3.63) is 35.4 Å². The van der Waals surface area contributed by atoms with Crippen LogP contribution in [-0.2, 0) is 10.2 Å². The van der Waals surface area contributed by atoms with Gasteiger partial charge in [0.15, 0.2) is 0 Å². The zero-order chi connectivity index (χ0) is 21.3. The molecule has 0 radical (unpaired) electrons. The zero-order valence-corrected chi connectivity index (χ0v) is 18.4. The van der Waals surface area contributed by atoms with Crippen LogP contribution >= 0.6 is 0 Å². The molecule has 0 aromatic heterocycles. The number of hydrogen-bond acceptors (Lipinski definition) is 4. The normalized spacial score (nSPS) is 28.2. The third-order valence-electron chi connectivity index (χ3n) is 7.34. The highest BCUT2D eigenvalue weighted by Crippen LogP contribution is 2.49. The van der Waals surface area contributed by atoms with Crippen LogP contribution in [0.5, 0.6) is 0 Å². The van der Waals surface area contributed by atoms with E-state index in [1.807, 2.05) is 12.1 Å². The first-order valence-corrected chi connectivity index (χ1v) is 11.5. The fourth-order valence-corrected chi connectivity index (χ4v) is 5.26. The lowest BCUT2D eigenvalue weighted by Gasteiger charge is -2.34. The summed E-state index contributed by atoms with van der Waals surface area (Å²) < 4.78 is 0. The summed E-state index contributed by atoms with van der Waals surface area (Å²) in [6.45, 7) is 3.61. The van der Waals surface area contributed by atoms with Gasteiger partial charge < -0.3 is 20.9 Å². The molecule has 0 spiro atoms. The zero-order valence-electron chi connectivity index (χ0n) is 18.4. The molecule has 1 aromatic rings. The van der Waals surface area contributed by atoms with Gasteiger partial charge in [0.05, 0.1) is 0 Å². The molecule has 3 fully saturated rings. The second-order valence-corrected chi connectivity index (χ2v) is 9.83. The smallest absolute Gasteiger partial charge is 0.251 e. The van der Waals surface area contributed by atoms with Crippen molar-refractivity contribution in [2.45, 2.75) is 62.4 Å². The minimum absolute atomic E-state index is 0.0345. The molecular weight excluding hydrogens is 376 g/mol. The number of carbonyl (C=O) groups is 2. The lowest BCUT2D eigenvalue weighted by Crippen LogP contribution is -2.52. The van der Waals surface area contributed by atoms with Crippen LogP contribution in [0.1, 0.15) is 60.9 Å². The average molecular weight is 413 g/mol. The van der Waals surface area contributed by atoms with Crippen molar-refractivity contribution in [2.75, 3.05) is 33.7 Å². The molecule has 1 saturated heterocycles. The van der Waals surface area contributed by atoms with E-state index in [0.717, 1.165) is 19.4 Å². The molecule has 1 aliphatic heterocycles. The monoisotopic (exact) mass is 412 g/mol. The third kappa shape index (κ3) is 4.54. The van der Waals surface area contributed by atoms with E-state index in [2.05, 4.69) is 22.3 Å². The number of likely N-dealkylation sites (tertiary alicyclic amines) is 1. The summed E-state index contributed by atoms with van der Waals surface area (Å²) in [4.78, 5) is 29.2. The minimum Gasteiger partial charge on any atom is -0.349 e. The minimum atomic E-state index is -0.189. The van der Waals surface area contributed by atoms with Gasteiger partial charge in [-0.2, -0.15) is 0 Å². The molecular formula is C24H36N4O2. The number of rotatable bonds is 6. The molecule has 6 heteroatoms. The van der Waals surface area contributed by atoms with E-state index < -0.39 is 0 Å². The Morgan fingerprint density at radius 2 is 1.80 bits per heavy atom. The Bertz CT molecular complexity index is 766. The van der Waals surface area contributed by atoms with Gasteiger partial charge in [-0.05, 0) is 75.7 Å². The molecule has 3 N–H and O–H groups in total. The van der Waals surface area contributed by atoms with Gasteiger partial charge in [-0.3, -0.25) is 9.59 Å². The van der Waals surface area contributed by atoms with Crippen molar-refractivity contribution in [3.8, 4) is 0 Å². The molecule has 2 amide bonds. The lowest BCUT2D eigenvalue weighted by atomic mass is 9.82. The van der Waals surface area contributed by atoms with E-state index in [4.69, 9.17) is 5.73 Å². The Labute approximate surface area is 180 Å². The van der Waals surface area contributed by atoms with E-state index in [1.165, 1.54) is 44.3 Å². The van der Waals surface area contributed by atoms with E-state index >= 15 is 0 Å². The largest absolute Gasteiger partial charge is 0.349 e. The molecule has 3 atom stereocenters. The summed E-state index contributed by atoms with van der Waals surface area (Å²) in [6.07, 6.45) is 7.28. The number of nitrogens with two attached hydrogens (primary N) is 1. The predicted molar refractivity (Wildman–Crippen MR) is 118 cm³/mol. The molecule has 4 rings (SSSR count). The number of carbonyl (C=O) groups excluding carboxylic acids is 2. The summed E-state index contributed by atoms with van der Waals surface area (Å²) in [5, 5.41) is 3.11. The van der Waals surface area contributed by atoms with Crippen molar-refractivity contribution < 1.29 is 9.59 Å². The van der Waals surface area contributed by atoms with Crippen molar-refractivity contribution in [2.24, 2.45) is 11.7 Å². The van der Waals surface area contributed by atoms with E-state index in [-0.39, 0.29) is 29.8 Å². The number of nitrogens with zero attached hydrogens (tertiary/aromatic N) is 2. The van der Waals surface area contributed by atoms with Crippen LogP contribution in [0, 0.1) is 5.92 Å². The van der Waals surface area contributed by atoms with Gasteiger partial charge in [-0.15, -0.1) is 0 Å². The first kappa shape index (κ1) is 21.3. The fourth-order valence-electron chi connectivity index (χ4n) is 5.26. The Hall–Kier alpha value is -1.92. The van der Waals surface area contributed by atoms with Gasteiger partial charge in [0.1, 0.15) is 0 Å². The van der Waals surface area contributed by atoms with Gasteiger partial charge in [-0.25, -0.2) is 0 Å². The first-order valence-electron chi connectivity index (χ1n) is 11.5. The second-order valence-electron chi connectivity index (χ2n) is 9.83. The van der Waals surface area contributed by atoms with Gasteiger partial charge in [0, 0.05) is 49.6 Å². The van der Waals surface area contributed by atoms with E-state index in [1.54, 1.807) is 19.0 Å². The van der Waals surface area contributed by atoms with Crippen molar-refractivity contribution in [1.29, 1.82) is 0 Å². The van der Waals surface area contributed by atoms with Crippen LogP contribution in [0.25, 0.3) is 0 Å². The summed E-state index contributed by atoms with van der Waals surface area (Å²) in [6, 6.07) is 7.94. The molecule has 30 heavy (non-hydrogen) atoms. The molecule has 6 nitrogen and oxygen atoms in total. The molecule has 1 heterocycles. The maximum Gasteiger partial charge on any atom is 0.251 e. The highest BCUT2D eigenvalue weighted by Gasteiger charge is 2.45. The Morgan fingerprint density at radius 3 is 2.37 bits per heavy atom. The number of amides is 2. The van der Waals surface area contributed by atoms with Crippen LogP contribution in [-0.4, -0.2) is 67.4 Å². The average Bonchev–Trinajstić information content (AvgIpc) is 3.34. The summed E-state index contributed by atoms with van der Waals surface area (Å²) in [5.74, 6) is 0.0327. The molecule has 164 valence electrons. The number of benzene rings is 1. The Kier molecular flexibility index (Phi) is 6.16. The van der Waals surface area contributed by atoms with Crippen molar-refractivity contribution in [3.63, 3.8) is 0 Å². The summed E-state index contributed by atoms with van der Waals surface area (Å²) >= 11 is 0. The van der Waals surface area contributed by atoms with Gasteiger partial charge in [-0.1, -0.05) is 12.1 Å². The van der Waals surface area contributed by atoms with Gasteiger partial charge in [0.2, 0.25) is 5.91 Å². The SMILES string of the molecule is CN(C)C(=O)C1CCC(NC(=O)c2ccc(C3(CN4CCCC4)CC3)cc2)C(N)C1. The van der Waals surface area contributed by atoms with Crippen LogP contribution in [0.15, 0.2) is 24.3 Å². The van der Waals surface area contributed by atoms with Gasteiger partial charge >= 0.3 is 0 Å². The summed E-state index contributed by atoms with van der Waals surface area (Å²) in [7, 11) is 3.56. The fraction of sp³-hybridized carbons (Fsp3) is 0.667. The van der Waals surface area contributed by atoms with E-state index in [0.29, 0.717) is 17.4 Å². The number of nitrogens with one attached hydrogen (secondary N) is 1. The predicted octanol–water partition coefficient (Wildman–Crippen LogP) is 2.13. The highest BCUT2D eigenvalue weighted by molar-refractivity contribution is 5.94. The molecule has 3 aliphatic rings. The standard InChI is InChI=1S/C24H36N4O2/c1-27(2)23(30)18-7-10-21(20(25)15-18)26-22(29)17-5-8-19(9-6-17)24(11-12-24)16-28-13-3-4-14-28/h5-6,8-9,18,20-21H,3-4,7,10-16,25H2,1-2H3,(H,26,29). The quantitative estimate of drug-likeness (QED) is 0.750. The number of hydrogen-bond donors (Lipinski definition) is 2. The van der Waals surface area contributed by atoms with Gasteiger partial charge in [0.25, 0.3) is 5.91 Å². The molecule has 2 saturated carbocycles. The molecule has 2 aliphatic carbocycles. The highest BCUT2D eigenvalue weighted by atomic mass is 16.2. The lowest BCUT2D eigenvalue weighted by molar-refractivity contribution is -0.134. The van der Waals surface area contributed by atoms with Crippen LogP contribution in [0.4, 0.5) is 0 Å². The van der Waals surface area contributed by atoms with Crippen LogP contribution in [0.3, 0.4) is 0 Å². The molecule has 1 aromatic carbocycles. The van der Waals surface area contributed by atoms with Crippen molar-refractivity contribution >= 4 is 11.8 Å². The Balaban J connectivity index is 1.33. The maximum atomic E-state index is 12.8. The molecule has 3 unspecified atom stereocenters. The summed E-state index contributed by atoms with van der Waals surface area (Å²) in [5.41, 5.74) is 8.67. The topological polar surface area (TPSA) is 78.7 Å². The Morgan fingerprint density at radius 1 is 1.13 bits per heavy atom. The van der Waals surface area contributed by atoms with Crippen molar-refractivity contribution in [1.82, 2.24) is 15.1 Å². The maximum absolute atomic E-state index is 12.8. The van der Waals surface area contributed by atoms with Crippen LogP contribution in [0.2, 0.25) is 0 Å². The first-order chi connectivity index (χ1) is 14.4. The second kappa shape index (κ2) is 8.67. The van der Waals surface area contributed by atoms with E-state index in [9.17, 15) is 9.59 Å². The molecule has 0 bridgehead atoms.